The highest BCUT2D eigenvalue weighted by molar-refractivity contribution is 5.85. The van der Waals surface area contributed by atoms with Gasteiger partial charge in [-0.2, -0.15) is 0 Å². The molecule has 3 aromatic rings. The van der Waals surface area contributed by atoms with Crippen LogP contribution in [0.4, 0.5) is 5.82 Å². The zero-order chi connectivity index (χ0) is 18.5. The van der Waals surface area contributed by atoms with Gasteiger partial charge in [0.05, 0.1) is 6.26 Å². The number of anilines is 1. The highest BCUT2D eigenvalue weighted by atomic mass is 16.3. The Labute approximate surface area is 153 Å². The minimum Gasteiger partial charge on any atom is -0.461 e. The fourth-order valence-corrected chi connectivity index (χ4v) is 2.59. The van der Waals surface area contributed by atoms with E-state index in [0.29, 0.717) is 40.9 Å². The molecule has 0 saturated heterocycles. The van der Waals surface area contributed by atoms with Crippen LogP contribution in [0.5, 0.6) is 0 Å². The second-order valence-corrected chi connectivity index (χ2v) is 6.38. The first kappa shape index (κ1) is 18.0. The molecule has 0 aromatic carbocycles. The van der Waals surface area contributed by atoms with Gasteiger partial charge in [0, 0.05) is 19.5 Å². The molecule has 0 fully saturated rings. The Morgan fingerprint density at radius 2 is 2.12 bits per heavy atom. The van der Waals surface area contributed by atoms with E-state index in [9.17, 15) is 0 Å². The fourth-order valence-electron chi connectivity index (χ4n) is 2.59. The third-order valence-electron chi connectivity index (χ3n) is 3.99. The number of aromatic nitrogens is 4. The van der Waals surface area contributed by atoms with Gasteiger partial charge in [0.15, 0.2) is 28.6 Å². The van der Waals surface area contributed by atoms with Crippen molar-refractivity contribution in [2.24, 2.45) is 0 Å². The molecule has 2 N–H and O–H groups in total. The molecule has 0 amide bonds. The van der Waals surface area contributed by atoms with Crippen LogP contribution in [-0.4, -0.2) is 45.1 Å². The van der Waals surface area contributed by atoms with Gasteiger partial charge in [-0.1, -0.05) is 19.3 Å². The van der Waals surface area contributed by atoms with Crippen molar-refractivity contribution in [1.29, 1.82) is 0 Å². The summed E-state index contributed by atoms with van der Waals surface area (Å²) in [5.41, 5.74) is 7.41. The molecule has 3 aromatic heterocycles. The molecule has 0 unspecified atom stereocenters. The number of nitrogens with zero attached hydrogens (tertiary/aromatic N) is 5. The number of fused-ring (bicyclic) bond motifs is 1. The number of nitrogen functional groups attached to an aromatic ring is 1. The summed E-state index contributed by atoms with van der Waals surface area (Å²) in [6.45, 7) is 3.68. The zero-order valence-electron chi connectivity index (χ0n) is 15.5. The van der Waals surface area contributed by atoms with Crippen LogP contribution in [0.2, 0.25) is 0 Å². The maximum atomic E-state index is 6.14. The Bertz CT molecular complexity index is 930. The number of imidazole rings is 1. The first-order valence-corrected chi connectivity index (χ1v) is 8.81. The minimum absolute atomic E-state index is 0.339. The molecule has 0 radical (unpaired) electrons. The zero-order valence-corrected chi connectivity index (χ0v) is 15.5. The van der Waals surface area contributed by atoms with Crippen LogP contribution in [0.25, 0.3) is 22.7 Å². The summed E-state index contributed by atoms with van der Waals surface area (Å²) in [6, 6.07) is 3.72. The van der Waals surface area contributed by atoms with Crippen LogP contribution in [0.3, 0.4) is 0 Å². The van der Waals surface area contributed by atoms with Crippen LogP contribution in [0.1, 0.15) is 32.0 Å². The van der Waals surface area contributed by atoms with E-state index in [2.05, 4.69) is 38.6 Å². The van der Waals surface area contributed by atoms with Crippen molar-refractivity contribution >= 4 is 17.0 Å². The molecule has 0 aliphatic carbocycles. The van der Waals surface area contributed by atoms with Crippen LogP contribution in [-0.2, 0) is 6.54 Å². The number of hydrogen-bond donors (Lipinski definition) is 1. The molecular formula is C19H24N6O. The number of rotatable bonds is 6. The molecule has 0 spiro atoms. The second-order valence-electron chi connectivity index (χ2n) is 6.38. The Morgan fingerprint density at radius 1 is 1.27 bits per heavy atom. The third kappa shape index (κ3) is 3.86. The van der Waals surface area contributed by atoms with Gasteiger partial charge in [0.25, 0.3) is 0 Å². The lowest BCUT2D eigenvalue weighted by molar-refractivity contribution is 0.386. The fraction of sp³-hybridized carbons (Fsp3) is 0.421. The Hall–Kier alpha value is -2.85. The van der Waals surface area contributed by atoms with Crippen LogP contribution in [0, 0.1) is 11.8 Å². The van der Waals surface area contributed by atoms with Crippen molar-refractivity contribution < 1.29 is 4.42 Å². The van der Waals surface area contributed by atoms with Crippen LogP contribution >= 0.6 is 0 Å². The lowest BCUT2D eigenvalue weighted by atomic mass is 10.2. The number of likely N-dealkylation sites (N-methyl/N-ethyl adjacent to an activating group) is 1. The van der Waals surface area contributed by atoms with Gasteiger partial charge in [-0.3, -0.25) is 0 Å². The van der Waals surface area contributed by atoms with E-state index in [1.165, 1.54) is 0 Å². The minimum atomic E-state index is 0.339. The number of nitrogens with two attached hydrogens (primary N) is 1. The van der Waals surface area contributed by atoms with Crippen molar-refractivity contribution in [2.75, 3.05) is 26.4 Å². The Balaban J connectivity index is 2.08. The highest BCUT2D eigenvalue weighted by Crippen LogP contribution is 2.26. The SMILES string of the molecule is CCCCC#Cc1nc(N)c2nc(-c3ccco3)n(CCN(C)C)c2n1. The van der Waals surface area contributed by atoms with Gasteiger partial charge in [-0.25, -0.2) is 15.0 Å². The first-order chi connectivity index (χ1) is 12.6. The lowest BCUT2D eigenvalue weighted by Crippen LogP contribution is -2.19. The quantitative estimate of drug-likeness (QED) is 0.542. The average molecular weight is 352 g/mol. The van der Waals surface area contributed by atoms with Gasteiger partial charge in [0.2, 0.25) is 5.82 Å². The highest BCUT2D eigenvalue weighted by Gasteiger charge is 2.19. The summed E-state index contributed by atoms with van der Waals surface area (Å²) in [4.78, 5) is 15.7. The molecule has 0 aliphatic rings. The van der Waals surface area contributed by atoms with Gasteiger partial charge < -0.3 is 19.6 Å². The lowest BCUT2D eigenvalue weighted by Gasteiger charge is -2.12. The van der Waals surface area contributed by atoms with Gasteiger partial charge in [0.1, 0.15) is 0 Å². The monoisotopic (exact) mass is 352 g/mol. The number of hydrogen-bond acceptors (Lipinski definition) is 6. The Kier molecular flexibility index (Phi) is 5.54. The van der Waals surface area contributed by atoms with Crippen molar-refractivity contribution in [3.63, 3.8) is 0 Å². The van der Waals surface area contributed by atoms with E-state index in [4.69, 9.17) is 10.2 Å². The maximum Gasteiger partial charge on any atom is 0.208 e. The molecule has 0 bridgehead atoms. The summed E-state index contributed by atoms with van der Waals surface area (Å²) < 4.78 is 7.56. The molecule has 3 heterocycles. The van der Waals surface area contributed by atoms with Crippen molar-refractivity contribution in [3.05, 3.63) is 24.2 Å². The largest absolute Gasteiger partial charge is 0.461 e. The third-order valence-corrected chi connectivity index (χ3v) is 3.99. The molecule has 0 atom stereocenters. The Morgan fingerprint density at radius 3 is 2.81 bits per heavy atom. The van der Waals surface area contributed by atoms with Gasteiger partial charge >= 0.3 is 0 Å². The molecular weight excluding hydrogens is 328 g/mol. The van der Waals surface area contributed by atoms with E-state index in [-0.39, 0.29) is 0 Å². The van der Waals surface area contributed by atoms with Crippen LogP contribution in [0.15, 0.2) is 22.8 Å². The van der Waals surface area contributed by atoms with E-state index >= 15 is 0 Å². The van der Waals surface area contributed by atoms with Crippen LogP contribution < -0.4 is 5.73 Å². The van der Waals surface area contributed by atoms with Gasteiger partial charge in [-0.15, -0.1) is 0 Å². The second kappa shape index (κ2) is 8.02. The topological polar surface area (TPSA) is 86.0 Å². The molecule has 0 aliphatic heterocycles. The molecule has 3 rings (SSSR count). The van der Waals surface area contributed by atoms with Crippen molar-refractivity contribution in [2.45, 2.75) is 32.7 Å². The molecule has 7 nitrogen and oxygen atoms in total. The standard InChI is InChI=1S/C19H24N6O/c1-4-5-6-7-10-15-21-17(20)16-19(22-15)25(12-11-24(2)3)18(23-16)14-9-8-13-26-14/h8-9,13H,4-6,11-12H2,1-3H3,(H2,20,21,22). The molecule has 136 valence electrons. The van der Waals surface area contributed by atoms with E-state index < -0.39 is 0 Å². The van der Waals surface area contributed by atoms with Crippen molar-refractivity contribution in [3.8, 4) is 23.4 Å². The molecule has 0 saturated carbocycles. The average Bonchev–Trinajstić information content (AvgIpc) is 3.24. The smallest absolute Gasteiger partial charge is 0.208 e. The van der Waals surface area contributed by atoms with E-state index in [1.54, 1.807) is 6.26 Å². The molecule has 7 heteroatoms. The summed E-state index contributed by atoms with van der Waals surface area (Å²) in [6.07, 6.45) is 4.63. The number of unbranched alkanes of at least 4 members (excludes halogenated alkanes) is 2. The summed E-state index contributed by atoms with van der Waals surface area (Å²) in [5.74, 6) is 8.28. The van der Waals surface area contributed by atoms with E-state index in [0.717, 1.165) is 25.8 Å². The summed E-state index contributed by atoms with van der Waals surface area (Å²) >= 11 is 0. The van der Waals surface area contributed by atoms with E-state index in [1.807, 2.05) is 30.8 Å². The van der Waals surface area contributed by atoms with Gasteiger partial charge in [-0.05, 0) is 38.6 Å². The first-order valence-electron chi connectivity index (χ1n) is 8.81. The summed E-state index contributed by atoms with van der Waals surface area (Å²) in [5, 5.41) is 0. The maximum absolute atomic E-state index is 6.14. The number of furan rings is 1. The van der Waals surface area contributed by atoms with Crippen molar-refractivity contribution in [1.82, 2.24) is 24.4 Å². The normalized spacial score (nSPS) is 11.1. The molecule has 26 heavy (non-hydrogen) atoms. The summed E-state index contributed by atoms with van der Waals surface area (Å²) in [7, 11) is 4.05. The predicted octanol–water partition coefficient (Wildman–Crippen LogP) is 2.77. The predicted molar refractivity (Wildman–Crippen MR) is 102 cm³/mol.